The van der Waals surface area contributed by atoms with E-state index in [1.165, 1.54) is 21.8 Å². The number of carbonyl (C=O) groups is 1. The van der Waals surface area contributed by atoms with Crippen molar-refractivity contribution in [2.75, 3.05) is 11.1 Å². The molecule has 0 bridgehead atoms. The number of aryl methyl sites for hydroxylation is 2. The number of nitrogens with one attached hydrogen (secondary N) is 3. The van der Waals surface area contributed by atoms with Crippen LogP contribution in [0.25, 0.3) is 16.8 Å². The van der Waals surface area contributed by atoms with Crippen molar-refractivity contribution in [3.8, 4) is 11.3 Å². The van der Waals surface area contributed by atoms with Gasteiger partial charge in [-0.1, -0.05) is 43.0 Å². The molecule has 0 saturated heterocycles. The normalized spacial score (nSPS) is 11.1. The lowest BCUT2D eigenvalue weighted by atomic mass is 10.1. The van der Waals surface area contributed by atoms with E-state index in [-0.39, 0.29) is 17.2 Å². The van der Waals surface area contributed by atoms with E-state index in [4.69, 9.17) is 0 Å². The molecule has 0 aliphatic heterocycles. The predicted molar refractivity (Wildman–Crippen MR) is 111 cm³/mol. The molecular formula is C19H19N7O2S. The van der Waals surface area contributed by atoms with Gasteiger partial charge in [-0.2, -0.15) is 10.2 Å². The summed E-state index contributed by atoms with van der Waals surface area (Å²) in [5, 5.41) is 20.9. The molecule has 0 radical (unpaired) electrons. The summed E-state index contributed by atoms with van der Waals surface area (Å²) >= 11 is 1.18. The van der Waals surface area contributed by atoms with Gasteiger partial charge in [0.15, 0.2) is 5.82 Å². The summed E-state index contributed by atoms with van der Waals surface area (Å²) in [6.45, 7) is 3.95. The number of thioether (sulfide) groups is 1. The van der Waals surface area contributed by atoms with Crippen molar-refractivity contribution < 1.29 is 4.79 Å². The molecule has 0 aliphatic carbocycles. The van der Waals surface area contributed by atoms with Crippen LogP contribution in [0.15, 0.2) is 46.3 Å². The van der Waals surface area contributed by atoms with Gasteiger partial charge >= 0.3 is 0 Å². The van der Waals surface area contributed by atoms with Gasteiger partial charge in [-0.25, -0.2) is 9.61 Å². The largest absolute Gasteiger partial charge is 0.308 e. The Kier molecular flexibility index (Phi) is 5.17. The standard InChI is InChI=1S/C19H19N7O2S/c1-3-12-4-6-13(7-5-12)14-9-15-18(28)23-24-19(26(15)25-14)29-10-17(27)20-16-8-11(2)21-22-16/h4-9H,3,10H2,1-2H3,(H,23,28)(H2,20,21,22,27). The number of fused-ring (bicyclic) bond motifs is 1. The molecule has 1 amide bonds. The fourth-order valence-electron chi connectivity index (χ4n) is 2.83. The number of nitrogens with zero attached hydrogens (tertiary/aromatic N) is 4. The van der Waals surface area contributed by atoms with E-state index < -0.39 is 0 Å². The average molecular weight is 409 g/mol. The molecule has 0 unspecified atom stereocenters. The Bertz CT molecular complexity index is 1220. The Labute approximate surface area is 169 Å². The molecular weight excluding hydrogens is 390 g/mol. The van der Waals surface area contributed by atoms with Gasteiger partial charge in [-0.3, -0.25) is 14.7 Å². The Morgan fingerprint density at radius 2 is 1.97 bits per heavy atom. The number of hydrogen-bond acceptors (Lipinski definition) is 6. The van der Waals surface area contributed by atoms with E-state index in [0.717, 1.165) is 17.7 Å². The second kappa shape index (κ2) is 7.92. The maximum atomic E-state index is 12.2. The zero-order valence-corrected chi connectivity index (χ0v) is 16.7. The van der Waals surface area contributed by atoms with Crippen molar-refractivity contribution in [2.24, 2.45) is 0 Å². The maximum absolute atomic E-state index is 12.2. The second-order valence-corrected chi connectivity index (χ2v) is 7.43. The van der Waals surface area contributed by atoms with Gasteiger partial charge in [0.25, 0.3) is 5.56 Å². The first-order chi connectivity index (χ1) is 14.0. The van der Waals surface area contributed by atoms with Gasteiger partial charge in [0.05, 0.1) is 11.4 Å². The molecule has 3 heterocycles. The first-order valence-corrected chi connectivity index (χ1v) is 10.0. The highest BCUT2D eigenvalue weighted by Crippen LogP contribution is 2.22. The van der Waals surface area contributed by atoms with Gasteiger partial charge in [0, 0.05) is 17.3 Å². The smallest absolute Gasteiger partial charge is 0.290 e. The summed E-state index contributed by atoms with van der Waals surface area (Å²) in [5.41, 5.74) is 3.70. The van der Waals surface area contributed by atoms with Crippen LogP contribution in [0.4, 0.5) is 5.82 Å². The number of benzene rings is 1. The van der Waals surface area contributed by atoms with Gasteiger partial charge in [-0.05, 0) is 25.0 Å². The molecule has 3 aromatic heterocycles. The van der Waals surface area contributed by atoms with Crippen LogP contribution in [0, 0.1) is 6.92 Å². The lowest BCUT2D eigenvalue weighted by Gasteiger charge is -2.03. The highest BCUT2D eigenvalue weighted by Gasteiger charge is 2.14. The SMILES string of the molecule is CCc1ccc(-c2cc3c(=O)[nH]nc(SCC(=O)Nc4cc(C)[nH]n4)n3n2)cc1. The van der Waals surface area contributed by atoms with Crippen molar-refractivity contribution in [3.05, 3.63) is 58.0 Å². The summed E-state index contributed by atoms with van der Waals surface area (Å²) in [6, 6.07) is 11.5. The number of rotatable bonds is 6. The summed E-state index contributed by atoms with van der Waals surface area (Å²) in [5.74, 6) is 0.329. The Morgan fingerprint density at radius 3 is 2.66 bits per heavy atom. The Morgan fingerprint density at radius 1 is 1.17 bits per heavy atom. The van der Waals surface area contributed by atoms with Crippen LogP contribution < -0.4 is 10.9 Å². The van der Waals surface area contributed by atoms with Crippen LogP contribution in [0.1, 0.15) is 18.2 Å². The number of H-pyrrole nitrogens is 2. The molecule has 0 atom stereocenters. The van der Waals surface area contributed by atoms with E-state index in [2.05, 4.69) is 37.7 Å². The van der Waals surface area contributed by atoms with Crippen molar-refractivity contribution >= 4 is 29.0 Å². The average Bonchev–Trinajstić information content (AvgIpc) is 3.35. The lowest BCUT2D eigenvalue weighted by Crippen LogP contribution is -2.17. The fraction of sp³-hybridized carbons (Fsp3) is 0.211. The number of hydrogen-bond donors (Lipinski definition) is 3. The third kappa shape index (κ3) is 4.06. The van der Waals surface area contributed by atoms with Gasteiger partial charge < -0.3 is 5.32 Å². The molecule has 29 heavy (non-hydrogen) atoms. The predicted octanol–water partition coefficient (Wildman–Crippen LogP) is 2.41. The van der Waals surface area contributed by atoms with Gasteiger partial charge in [0.1, 0.15) is 5.52 Å². The number of aromatic nitrogens is 6. The summed E-state index contributed by atoms with van der Waals surface area (Å²) < 4.78 is 1.47. The number of carbonyl (C=O) groups excluding carboxylic acids is 1. The lowest BCUT2D eigenvalue weighted by molar-refractivity contribution is -0.113. The third-order valence-electron chi connectivity index (χ3n) is 4.34. The quantitative estimate of drug-likeness (QED) is 0.421. The van der Waals surface area contributed by atoms with E-state index in [1.807, 2.05) is 31.2 Å². The van der Waals surface area contributed by atoms with Crippen LogP contribution in [0.3, 0.4) is 0 Å². The van der Waals surface area contributed by atoms with Crippen molar-refractivity contribution in [2.45, 2.75) is 25.4 Å². The van der Waals surface area contributed by atoms with Crippen LogP contribution in [-0.2, 0) is 11.2 Å². The zero-order chi connectivity index (χ0) is 20.4. The summed E-state index contributed by atoms with van der Waals surface area (Å²) in [6.07, 6.45) is 0.954. The number of aromatic amines is 2. The molecule has 1 aromatic carbocycles. The first-order valence-electron chi connectivity index (χ1n) is 9.06. The summed E-state index contributed by atoms with van der Waals surface area (Å²) in [7, 11) is 0. The molecule has 0 spiro atoms. The monoisotopic (exact) mass is 409 g/mol. The van der Waals surface area contributed by atoms with Crippen LogP contribution in [-0.4, -0.2) is 41.7 Å². The molecule has 10 heteroatoms. The summed E-state index contributed by atoms with van der Waals surface area (Å²) in [4.78, 5) is 24.3. The minimum atomic E-state index is -0.338. The highest BCUT2D eigenvalue weighted by atomic mass is 32.2. The van der Waals surface area contributed by atoms with E-state index in [9.17, 15) is 9.59 Å². The van der Waals surface area contributed by atoms with E-state index >= 15 is 0 Å². The van der Waals surface area contributed by atoms with Crippen LogP contribution in [0.5, 0.6) is 0 Å². The minimum absolute atomic E-state index is 0.0977. The first kappa shape index (κ1) is 18.9. The molecule has 148 valence electrons. The molecule has 3 N–H and O–H groups in total. The number of amides is 1. The third-order valence-corrected chi connectivity index (χ3v) is 5.27. The Hall–Kier alpha value is -3.40. The fourth-order valence-corrected chi connectivity index (χ4v) is 3.53. The molecule has 4 aromatic rings. The van der Waals surface area contributed by atoms with Crippen LogP contribution in [0.2, 0.25) is 0 Å². The van der Waals surface area contributed by atoms with E-state index in [1.54, 1.807) is 12.1 Å². The van der Waals surface area contributed by atoms with Gasteiger partial charge in [-0.15, -0.1) is 5.10 Å². The highest BCUT2D eigenvalue weighted by molar-refractivity contribution is 7.99. The number of anilines is 1. The topological polar surface area (TPSA) is 121 Å². The molecule has 0 aliphatic rings. The zero-order valence-electron chi connectivity index (χ0n) is 15.9. The molecule has 0 saturated carbocycles. The second-order valence-electron chi connectivity index (χ2n) is 6.49. The molecule has 9 nitrogen and oxygen atoms in total. The van der Waals surface area contributed by atoms with Gasteiger partial charge in [0.2, 0.25) is 11.1 Å². The van der Waals surface area contributed by atoms with Crippen molar-refractivity contribution in [3.63, 3.8) is 0 Å². The van der Waals surface area contributed by atoms with Crippen molar-refractivity contribution in [1.29, 1.82) is 0 Å². The molecule has 4 rings (SSSR count). The van der Waals surface area contributed by atoms with Crippen LogP contribution >= 0.6 is 11.8 Å². The maximum Gasteiger partial charge on any atom is 0.290 e. The minimum Gasteiger partial charge on any atom is -0.308 e. The van der Waals surface area contributed by atoms with E-state index in [0.29, 0.717) is 22.2 Å². The Balaban J connectivity index is 1.56. The molecule has 0 fully saturated rings. The van der Waals surface area contributed by atoms with Crippen molar-refractivity contribution in [1.82, 2.24) is 30.0 Å².